The fraction of sp³-hybridized carbons (Fsp3) is 0.0625. The lowest BCUT2D eigenvalue weighted by molar-refractivity contribution is 0.103. The van der Waals surface area contributed by atoms with Crippen LogP contribution in [0.15, 0.2) is 52.5 Å². The number of halogens is 1. The Labute approximate surface area is 119 Å². The number of phenols is 1. The van der Waals surface area contributed by atoms with E-state index in [1.807, 2.05) is 36.4 Å². The molecular weight excluding hydrogens is 304 g/mol. The van der Waals surface area contributed by atoms with Crippen LogP contribution < -0.4 is 0 Å². The Morgan fingerprint density at radius 1 is 1.16 bits per heavy atom. The molecule has 1 aliphatic carbocycles. The first-order chi connectivity index (χ1) is 9.15. The molecule has 0 saturated heterocycles. The van der Waals surface area contributed by atoms with Crippen LogP contribution in [0.3, 0.4) is 0 Å². The second-order valence-corrected chi connectivity index (χ2v) is 5.46. The normalized spacial score (nSPS) is 15.8. The van der Waals surface area contributed by atoms with E-state index in [2.05, 4.69) is 15.9 Å². The van der Waals surface area contributed by atoms with Crippen molar-refractivity contribution in [3.8, 4) is 5.75 Å². The van der Waals surface area contributed by atoms with E-state index in [9.17, 15) is 9.90 Å². The van der Waals surface area contributed by atoms with Crippen molar-refractivity contribution in [2.75, 3.05) is 0 Å². The summed E-state index contributed by atoms with van der Waals surface area (Å²) in [5, 5.41) is 9.77. The molecule has 0 heterocycles. The summed E-state index contributed by atoms with van der Waals surface area (Å²) in [6.45, 7) is 0. The number of carbonyl (C=O) groups excluding carboxylic acids is 1. The molecule has 0 saturated carbocycles. The maximum Gasteiger partial charge on any atom is 0.193 e. The molecule has 0 aliphatic heterocycles. The highest BCUT2D eigenvalue weighted by atomic mass is 79.9. The van der Waals surface area contributed by atoms with E-state index in [1.165, 1.54) is 0 Å². The highest BCUT2D eigenvalue weighted by Crippen LogP contribution is 2.33. The molecule has 0 atom stereocenters. The van der Waals surface area contributed by atoms with Crippen LogP contribution in [0.2, 0.25) is 0 Å². The van der Waals surface area contributed by atoms with Crippen molar-refractivity contribution in [1.29, 1.82) is 0 Å². The summed E-state index contributed by atoms with van der Waals surface area (Å²) in [5.74, 6) is -0.00628. The molecule has 0 spiro atoms. The van der Waals surface area contributed by atoms with Crippen LogP contribution in [-0.2, 0) is 6.42 Å². The van der Waals surface area contributed by atoms with Crippen molar-refractivity contribution in [3.63, 3.8) is 0 Å². The predicted molar refractivity (Wildman–Crippen MR) is 78.3 cm³/mol. The van der Waals surface area contributed by atoms with Crippen molar-refractivity contribution in [3.05, 3.63) is 69.2 Å². The second-order valence-electron chi connectivity index (χ2n) is 4.54. The highest BCUT2D eigenvalue weighted by Gasteiger charge is 2.27. The number of phenolic OH excluding ortho intramolecular Hbond substituents is 1. The zero-order valence-corrected chi connectivity index (χ0v) is 11.6. The monoisotopic (exact) mass is 314 g/mol. The van der Waals surface area contributed by atoms with E-state index < -0.39 is 0 Å². The molecule has 94 valence electrons. The van der Waals surface area contributed by atoms with Crippen LogP contribution in [0.5, 0.6) is 5.75 Å². The third-order valence-electron chi connectivity index (χ3n) is 3.22. The third kappa shape index (κ3) is 2.22. The molecule has 0 aromatic heterocycles. The first kappa shape index (κ1) is 12.2. The molecule has 2 aromatic rings. The average molecular weight is 315 g/mol. The number of ketones is 1. The topological polar surface area (TPSA) is 37.3 Å². The number of hydrogen-bond acceptors (Lipinski definition) is 2. The molecule has 3 heteroatoms. The molecule has 2 nitrogen and oxygen atoms in total. The van der Waals surface area contributed by atoms with Crippen LogP contribution in [0.1, 0.15) is 21.5 Å². The zero-order chi connectivity index (χ0) is 13.4. The number of Topliss-reactive ketones (excluding diaryl/α,β-unsaturated/α-hetero) is 1. The highest BCUT2D eigenvalue weighted by molar-refractivity contribution is 9.10. The van der Waals surface area contributed by atoms with Gasteiger partial charge in [-0.3, -0.25) is 4.79 Å². The van der Waals surface area contributed by atoms with Gasteiger partial charge in [0, 0.05) is 16.5 Å². The number of fused-ring (bicyclic) bond motifs is 1. The molecule has 0 unspecified atom stereocenters. The Hall–Kier alpha value is -1.87. The van der Waals surface area contributed by atoms with E-state index in [4.69, 9.17) is 0 Å². The fourth-order valence-corrected chi connectivity index (χ4v) is 2.77. The lowest BCUT2D eigenvalue weighted by Gasteiger charge is -1.98. The van der Waals surface area contributed by atoms with Gasteiger partial charge in [0.25, 0.3) is 0 Å². The van der Waals surface area contributed by atoms with Crippen molar-refractivity contribution in [1.82, 2.24) is 0 Å². The Kier molecular flexibility index (Phi) is 2.99. The first-order valence-electron chi connectivity index (χ1n) is 5.97. The van der Waals surface area contributed by atoms with Crippen LogP contribution in [0.4, 0.5) is 0 Å². The maximum atomic E-state index is 12.3. The van der Waals surface area contributed by atoms with Gasteiger partial charge in [-0.05, 0) is 35.4 Å². The summed E-state index contributed by atoms with van der Waals surface area (Å²) in [7, 11) is 0. The van der Waals surface area contributed by atoms with Gasteiger partial charge in [0.05, 0.1) is 5.56 Å². The van der Waals surface area contributed by atoms with Gasteiger partial charge in [-0.15, -0.1) is 0 Å². The summed E-state index contributed by atoms with van der Waals surface area (Å²) in [5.41, 5.74) is 3.04. The Morgan fingerprint density at radius 3 is 2.68 bits per heavy atom. The molecule has 0 amide bonds. The van der Waals surface area contributed by atoms with Gasteiger partial charge >= 0.3 is 0 Å². The van der Waals surface area contributed by atoms with Gasteiger partial charge in [-0.25, -0.2) is 0 Å². The first-order valence-corrected chi connectivity index (χ1v) is 6.76. The number of rotatable bonds is 1. The fourth-order valence-electron chi connectivity index (χ4n) is 2.36. The summed E-state index contributed by atoms with van der Waals surface area (Å²) >= 11 is 3.41. The third-order valence-corrected chi connectivity index (χ3v) is 3.71. The van der Waals surface area contributed by atoms with E-state index in [0.29, 0.717) is 12.0 Å². The van der Waals surface area contributed by atoms with E-state index in [0.717, 1.165) is 21.2 Å². The number of carbonyl (C=O) groups is 1. The van der Waals surface area contributed by atoms with Crippen LogP contribution in [0.25, 0.3) is 6.08 Å². The summed E-state index contributed by atoms with van der Waals surface area (Å²) < 4.78 is 0.979. The Morgan fingerprint density at radius 2 is 1.95 bits per heavy atom. The van der Waals surface area contributed by atoms with Gasteiger partial charge in [0.2, 0.25) is 0 Å². The summed E-state index contributed by atoms with van der Waals surface area (Å²) in [4.78, 5) is 12.3. The van der Waals surface area contributed by atoms with Crippen LogP contribution in [-0.4, -0.2) is 10.9 Å². The molecule has 3 rings (SSSR count). The average Bonchev–Trinajstić information content (AvgIpc) is 2.68. The van der Waals surface area contributed by atoms with Gasteiger partial charge < -0.3 is 5.11 Å². The summed E-state index contributed by atoms with van der Waals surface area (Å²) in [6, 6.07) is 13.0. The SMILES string of the molecule is O=C1/C(=C/c2cccc(Br)c2)Cc2cccc(O)c21. The lowest BCUT2D eigenvalue weighted by atomic mass is 10.1. The lowest BCUT2D eigenvalue weighted by Crippen LogP contribution is -1.95. The zero-order valence-electron chi connectivity index (χ0n) is 10.1. The molecular formula is C16H11BrO2. The maximum absolute atomic E-state index is 12.3. The number of hydrogen-bond donors (Lipinski definition) is 1. The van der Waals surface area contributed by atoms with Crippen molar-refractivity contribution in [2.45, 2.75) is 6.42 Å². The van der Waals surface area contributed by atoms with Gasteiger partial charge in [-0.2, -0.15) is 0 Å². The molecule has 2 aromatic carbocycles. The molecule has 0 bridgehead atoms. The standard InChI is InChI=1S/C16H11BrO2/c17-13-5-1-3-10(8-13)7-12-9-11-4-2-6-14(18)15(11)16(12)19/h1-8,18H,9H2/b12-7+. The minimum Gasteiger partial charge on any atom is -0.507 e. The van der Waals surface area contributed by atoms with Crippen LogP contribution >= 0.6 is 15.9 Å². The predicted octanol–water partition coefficient (Wildman–Crippen LogP) is 3.98. The van der Waals surface area contributed by atoms with Crippen LogP contribution in [0, 0.1) is 0 Å². The smallest absolute Gasteiger partial charge is 0.193 e. The molecule has 1 N–H and O–H groups in total. The quantitative estimate of drug-likeness (QED) is 0.808. The van der Waals surface area contributed by atoms with Gasteiger partial charge in [0.1, 0.15) is 5.75 Å². The molecule has 0 fully saturated rings. The largest absolute Gasteiger partial charge is 0.507 e. The van der Waals surface area contributed by atoms with E-state index >= 15 is 0 Å². The van der Waals surface area contributed by atoms with E-state index in [-0.39, 0.29) is 11.5 Å². The minimum atomic E-state index is -0.0759. The number of allylic oxidation sites excluding steroid dienone is 1. The Bertz CT molecular complexity index is 702. The molecule has 1 aliphatic rings. The Balaban J connectivity index is 2.03. The number of benzene rings is 2. The van der Waals surface area contributed by atoms with Crippen molar-refractivity contribution >= 4 is 27.8 Å². The summed E-state index contributed by atoms with van der Waals surface area (Å²) in [6.07, 6.45) is 2.46. The van der Waals surface area contributed by atoms with E-state index in [1.54, 1.807) is 12.1 Å². The van der Waals surface area contributed by atoms with Crippen molar-refractivity contribution < 1.29 is 9.90 Å². The number of aromatic hydroxyl groups is 1. The molecule has 19 heavy (non-hydrogen) atoms. The van der Waals surface area contributed by atoms with Crippen molar-refractivity contribution in [2.24, 2.45) is 0 Å². The second kappa shape index (κ2) is 4.67. The van der Waals surface area contributed by atoms with Gasteiger partial charge in [0.15, 0.2) is 5.78 Å². The van der Waals surface area contributed by atoms with Gasteiger partial charge in [-0.1, -0.05) is 40.2 Å². The molecule has 0 radical (unpaired) electrons. The minimum absolute atomic E-state index is 0.0696.